The molecule has 2 N–H and O–H groups in total. The second-order valence-electron chi connectivity index (χ2n) is 3.85. The highest BCUT2D eigenvalue weighted by molar-refractivity contribution is 7.18. The van der Waals surface area contributed by atoms with Gasteiger partial charge in [-0.15, -0.1) is 11.3 Å². The van der Waals surface area contributed by atoms with Gasteiger partial charge in [0.1, 0.15) is 10.8 Å². The van der Waals surface area contributed by atoms with E-state index in [0.29, 0.717) is 6.54 Å². The van der Waals surface area contributed by atoms with Crippen LogP contribution in [-0.4, -0.2) is 15.1 Å². The summed E-state index contributed by atoms with van der Waals surface area (Å²) in [6, 6.07) is 8.96. The summed E-state index contributed by atoms with van der Waals surface area (Å²) in [4.78, 5) is 8.54. The minimum absolute atomic E-state index is 0.270. The lowest BCUT2D eigenvalue weighted by Crippen LogP contribution is -1.98. The van der Waals surface area contributed by atoms with Crippen LogP contribution in [0.3, 0.4) is 0 Å². The molecule has 0 saturated heterocycles. The molecule has 0 aliphatic carbocycles. The summed E-state index contributed by atoms with van der Waals surface area (Å²) in [6.07, 6.45) is 3.55. The molecular formula is C13H11N3OS. The number of nitrogens with one attached hydrogen (secondary N) is 1. The van der Waals surface area contributed by atoms with E-state index in [1.807, 2.05) is 18.2 Å². The van der Waals surface area contributed by atoms with Crippen LogP contribution < -0.4 is 5.32 Å². The molecular weight excluding hydrogens is 246 g/mol. The molecule has 0 bridgehead atoms. The van der Waals surface area contributed by atoms with E-state index < -0.39 is 0 Å². The lowest BCUT2D eigenvalue weighted by molar-refractivity contribution is 0.475. The number of hydrogen-bond donors (Lipinski definition) is 2. The zero-order chi connectivity index (χ0) is 12.4. The van der Waals surface area contributed by atoms with Gasteiger partial charge in [-0.25, -0.2) is 4.98 Å². The van der Waals surface area contributed by atoms with Gasteiger partial charge in [0, 0.05) is 11.9 Å². The van der Waals surface area contributed by atoms with E-state index >= 15 is 0 Å². The Kier molecular flexibility index (Phi) is 2.82. The Labute approximate surface area is 108 Å². The number of phenols is 1. The summed E-state index contributed by atoms with van der Waals surface area (Å²) in [5, 5.41) is 13.5. The fourth-order valence-electron chi connectivity index (χ4n) is 1.66. The van der Waals surface area contributed by atoms with Crippen LogP contribution in [0.5, 0.6) is 5.75 Å². The Morgan fingerprint density at radius 3 is 2.78 bits per heavy atom. The van der Waals surface area contributed by atoms with Crippen molar-refractivity contribution >= 4 is 27.2 Å². The quantitative estimate of drug-likeness (QED) is 0.708. The Balaban J connectivity index is 1.74. The number of pyridine rings is 1. The fraction of sp³-hybridized carbons (Fsp3) is 0.0769. The normalized spacial score (nSPS) is 10.7. The van der Waals surface area contributed by atoms with Gasteiger partial charge in [0.05, 0.1) is 23.0 Å². The number of anilines is 1. The number of rotatable bonds is 3. The van der Waals surface area contributed by atoms with Crippen LogP contribution in [-0.2, 0) is 6.54 Å². The summed E-state index contributed by atoms with van der Waals surface area (Å²) in [5.74, 6) is 0.270. The van der Waals surface area contributed by atoms with E-state index in [0.717, 1.165) is 20.9 Å². The number of nitrogens with zero attached hydrogens (tertiary/aromatic N) is 2. The van der Waals surface area contributed by atoms with Gasteiger partial charge in [-0.2, -0.15) is 0 Å². The third-order valence-corrected chi connectivity index (χ3v) is 3.58. The predicted molar refractivity (Wildman–Crippen MR) is 72.8 cm³/mol. The molecule has 18 heavy (non-hydrogen) atoms. The highest BCUT2D eigenvalue weighted by atomic mass is 32.1. The Morgan fingerprint density at radius 1 is 1.17 bits per heavy atom. The number of aromatic nitrogens is 2. The number of fused-ring (bicyclic) bond motifs is 1. The Morgan fingerprint density at radius 2 is 2.00 bits per heavy atom. The van der Waals surface area contributed by atoms with E-state index in [4.69, 9.17) is 0 Å². The monoisotopic (exact) mass is 257 g/mol. The minimum atomic E-state index is 0.270. The zero-order valence-corrected chi connectivity index (χ0v) is 10.3. The maximum atomic E-state index is 9.19. The molecule has 0 atom stereocenters. The van der Waals surface area contributed by atoms with E-state index in [2.05, 4.69) is 15.3 Å². The van der Waals surface area contributed by atoms with Crippen LogP contribution in [0.15, 0.2) is 42.7 Å². The molecule has 2 aromatic heterocycles. The van der Waals surface area contributed by atoms with Gasteiger partial charge >= 0.3 is 0 Å². The number of thiazole rings is 1. The van der Waals surface area contributed by atoms with Crippen molar-refractivity contribution in [2.45, 2.75) is 6.54 Å². The molecule has 0 amide bonds. The average molecular weight is 257 g/mol. The highest BCUT2D eigenvalue weighted by Crippen LogP contribution is 2.22. The molecule has 0 radical (unpaired) electrons. The molecule has 5 heteroatoms. The van der Waals surface area contributed by atoms with E-state index in [9.17, 15) is 5.11 Å². The molecule has 0 unspecified atom stereocenters. The molecule has 0 spiro atoms. The van der Waals surface area contributed by atoms with Crippen molar-refractivity contribution in [3.63, 3.8) is 0 Å². The first-order valence-corrected chi connectivity index (χ1v) is 6.35. The van der Waals surface area contributed by atoms with Gasteiger partial charge in [-0.05, 0) is 30.3 Å². The largest absolute Gasteiger partial charge is 0.508 e. The van der Waals surface area contributed by atoms with Crippen molar-refractivity contribution in [1.82, 2.24) is 9.97 Å². The topological polar surface area (TPSA) is 58.0 Å². The summed E-state index contributed by atoms with van der Waals surface area (Å²) in [5.41, 5.74) is 1.90. The standard InChI is InChI=1S/C13H11N3OS/c17-10-3-1-9(2-4-10)15-8-13-16-11-7-14-6-5-12(11)18-13/h1-7,15,17H,8H2. The van der Waals surface area contributed by atoms with Gasteiger partial charge in [0.25, 0.3) is 0 Å². The predicted octanol–water partition coefficient (Wildman–Crippen LogP) is 3.01. The second-order valence-corrected chi connectivity index (χ2v) is 4.97. The number of benzene rings is 1. The van der Waals surface area contributed by atoms with Crippen LogP contribution in [0, 0.1) is 0 Å². The van der Waals surface area contributed by atoms with Crippen molar-refractivity contribution in [2.24, 2.45) is 0 Å². The SMILES string of the molecule is Oc1ccc(NCc2nc3cnccc3s2)cc1. The van der Waals surface area contributed by atoms with E-state index in [1.54, 1.807) is 35.9 Å². The summed E-state index contributed by atoms with van der Waals surface area (Å²) < 4.78 is 1.15. The zero-order valence-electron chi connectivity index (χ0n) is 9.50. The maximum Gasteiger partial charge on any atom is 0.115 e. The minimum Gasteiger partial charge on any atom is -0.508 e. The molecule has 0 aliphatic rings. The average Bonchev–Trinajstić information content (AvgIpc) is 2.81. The van der Waals surface area contributed by atoms with Gasteiger partial charge < -0.3 is 10.4 Å². The van der Waals surface area contributed by atoms with Crippen LogP contribution in [0.1, 0.15) is 5.01 Å². The van der Waals surface area contributed by atoms with Crippen molar-refractivity contribution in [3.05, 3.63) is 47.7 Å². The molecule has 3 aromatic rings. The summed E-state index contributed by atoms with van der Waals surface area (Å²) in [6.45, 7) is 0.671. The molecule has 0 saturated carbocycles. The fourth-order valence-corrected chi connectivity index (χ4v) is 2.53. The first-order valence-electron chi connectivity index (χ1n) is 5.53. The van der Waals surface area contributed by atoms with Crippen molar-refractivity contribution in [3.8, 4) is 5.75 Å². The van der Waals surface area contributed by atoms with Gasteiger partial charge in [-0.3, -0.25) is 4.98 Å². The maximum absolute atomic E-state index is 9.19. The first kappa shape index (κ1) is 11.0. The molecule has 2 heterocycles. The second kappa shape index (κ2) is 4.62. The van der Waals surface area contributed by atoms with Crippen molar-refractivity contribution in [1.29, 1.82) is 0 Å². The summed E-state index contributed by atoms with van der Waals surface area (Å²) >= 11 is 1.66. The Hall–Kier alpha value is -2.14. The third-order valence-electron chi connectivity index (χ3n) is 2.55. The molecule has 3 rings (SSSR count). The number of aromatic hydroxyl groups is 1. The van der Waals surface area contributed by atoms with E-state index in [-0.39, 0.29) is 5.75 Å². The van der Waals surface area contributed by atoms with Crippen LogP contribution in [0.4, 0.5) is 5.69 Å². The first-order chi connectivity index (χ1) is 8.81. The highest BCUT2D eigenvalue weighted by Gasteiger charge is 2.03. The molecule has 0 aliphatic heterocycles. The van der Waals surface area contributed by atoms with Gasteiger partial charge in [-0.1, -0.05) is 0 Å². The van der Waals surface area contributed by atoms with Crippen molar-refractivity contribution in [2.75, 3.05) is 5.32 Å². The van der Waals surface area contributed by atoms with Gasteiger partial charge in [0.15, 0.2) is 0 Å². The third kappa shape index (κ3) is 2.26. The lowest BCUT2D eigenvalue weighted by atomic mass is 10.3. The molecule has 90 valence electrons. The summed E-state index contributed by atoms with van der Waals surface area (Å²) in [7, 11) is 0. The Bertz CT molecular complexity index is 630. The van der Waals surface area contributed by atoms with Crippen LogP contribution >= 0.6 is 11.3 Å². The van der Waals surface area contributed by atoms with Crippen molar-refractivity contribution < 1.29 is 5.11 Å². The van der Waals surface area contributed by atoms with E-state index in [1.165, 1.54) is 0 Å². The molecule has 4 nitrogen and oxygen atoms in total. The molecule has 1 aromatic carbocycles. The lowest BCUT2D eigenvalue weighted by Gasteiger charge is -2.03. The number of hydrogen-bond acceptors (Lipinski definition) is 5. The van der Waals surface area contributed by atoms with Crippen LogP contribution in [0.25, 0.3) is 10.2 Å². The van der Waals surface area contributed by atoms with Crippen LogP contribution in [0.2, 0.25) is 0 Å². The van der Waals surface area contributed by atoms with Gasteiger partial charge in [0.2, 0.25) is 0 Å². The molecule has 0 fully saturated rings. The number of phenolic OH excluding ortho intramolecular Hbond substituents is 1. The smallest absolute Gasteiger partial charge is 0.115 e.